The molecule has 2 aliphatic rings. The molecule has 2 aliphatic heterocycles. The van der Waals surface area contributed by atoms with Gasteiger partial charge in [-0.2, -0.15) is 0 Å². The van der Waals surface area contributed by atoms with Crippen molar-refractivity contribution in [2.75, 3.05) is 19.8 Å². The van der Waals surface area contributed by atoms with Crippen molar-refractivity contribution in [1.29, 1.82) is 0 Å². The van der Waals surface area contributed by atoms with E-state index >= 15 is 0 Å². The first-order valence-electron chi connectivity index (χ1n) is 9.76. The lowest BCUT2D eigenvalue weighted by molar-refractivity contribution is -0.193. The zero-order chi connectivity index (χ0) is 21.3. The molecular weight excluding hydrogens is 392 g/mol. The van der Waals surface area contributed by atoms with Gasteiger partial charge in [-0.3, -0.25) is 19.1 Å². The number of hydrogen-bond acceptors (Lipinski definition) is 7. The zero-order valence-electron chi connectivity index (χ0n) is 16.8. The van der Waals surface area contributed by atoms with Gasteiger partial charge < -0.3 is 18.9 Å². The van der Waals surface area contributed by atoms with Crippen LogP contribution in [0.5, 0.6) is 0 Å². The molecule has 2 saturated heterocycles. The maximum atomic E-state index is 12.5. The molecule has 160 valence electrons. The SMILES string of the molecule is CC(=O)OC[C@@]12COC[C@@H]([C@@H](n3cc(C)c(=O)[nH]c3=O)O1)[C@@H]2OCc1ccccc1. The van der Waals surface area contributed by atoms with Crippen LogP contribution in [0.25, 0.3) is 0 Å². The highest BCUT2D eigenvalue weighted by atomic mass is 16.6. The minimum atomic E-state index is -1.06. The summed E-state index contributed by atoms with van der Waals surface area (Å²) in [6, 6.07) is 9.68. The Kier molecular flexibility index (Phi) is 5.59. The number of fused-ring (bicyclic) bond motifs is 2. The highest BCUT2D eigenvalue weighted by Gasteiger charge is 2.60. The molecule has 0 radical (unpaired) electrons. The van der Waals surface area contributed by atoms with Gasteiger partial charge in [0.2, 0.25) is 0 Å². The fraction of sp³-hybridized carbons (Fsp3) is 0.476. The molecule has 9 heteroatoms. The van der Waals surface area contributed by atoms with E-state index in [1.54, 1.807) is 6.92 Å². The summed E-state index contributed by atoms with van der Waals surface area (Å²) >= 11 is 0. The second-order valence-corrected chi connectivity index (χ2v) is 7.73. The number of aromatic nitrogens is 2. The molecule has 0 aliphatic carbocycles. The lowest BCUT2D eigenvalue weighted by atomic mass is 9.88. The predicted octanol–water partition coefficient (Wildman–Crippen LogP) is 0.908. The fourth-order valence-electron chi connectivity index (χ4n) is 4.04. The second kappa shape index (κ2) is 8.17. The van der Waals surface area contributed by atoms with E-state index in [1.807, 2.05) is 30.3 Å². The maximum absolute atomic E-state index is 12.5. The van der Waals surface area contributed by atoms with Gasteiger partial charge in [0.05, 0.1) is 25.7 Å². The van der Waals surface area contributed by atoms with Gasteiger partial charge >= 0.3 is 11.7 Å². The average molecular weight is 416 g/mol. The monoisotopic (exact) mass is 416 g/mol. The summed E-state index contributed by atoms with van der Waals surface area (Å²) < 4.78 is 24.9. The Balaban J connectivity index is 1.67. The Morgan fingerprint density at radius 1 is 1.30 bits per heavy atom. The number of hydrogen-bond donors (Lipinski definition) is 1. The van der Waals surface area contributed by atoms with Crippen molar-refractivity contribution in [1.82, 2.24) is 9.55 Å². The smallest absolute Gasteiger partial charge is 0.330 e. The first-order valence-corrected chi connectivity index (χ1v) is 9.76. The minimum Gasteiger partial charge on any atom is -0.463 e. The molecular formula is C21H24N2O7. The molecule has 1 aromatic heterocycles. The number of aromatic amines is 1. The first kappa shape index (κ1) is 20.5. The van der Waals surface area contributed by atoms with Gasteiger partial charge in [0, 0.05) is 18.7 Å². The highest BCUT2D eigenvalue weighted by molar-refractivity contribution is 5.66. The van der Waals surface area contributed by atoms with E-state index in [-0.39, 0.29) is 19.1 Å². The Labute approximate surface area is 172 Å². The predicted molar refractivity (Wildman–Crippen MR) is 105 cm³/mol. The van der Waals surface area contributed by atoms with Crippen LogP contribution in [0, 0.1) is 12.8 Å². The molecule has 3 heterocycles. The lowest BCUT2D eigenvalue weighted by Crippen LogP contribution is -2.54. The molecule has 2 bridgehead atoms. The number of carbonyl (C=O) groups is 1. The van der Waals surface area contributed by atoms with Crippen molar-refractivity contribution in [2.24, 2.45) is 5.92 Å². The Morgan fingerprint density at radius 3 is 2.80 bits per heavy atom. The van der Waals surface area contributed by atoms with Crippen molar-refractivity contribution < 1.29 is 23.7 Å². The molecule has 0 spiro atoms. The lowest BCUT2D eigenvalue weighted by Gasteiger charge is -2.37. The molecule has 2 fully saturated rings. The number of ether oxygens (including phenoxy) is 4. The van der Waals surface area contributed by atoms with Crippen LogP contribution < -0.4 is 11.2 Å². The number of aryl methyl sites for hydroxylation is 1. The topological polar surface area (TPSA) is 109 Å². The van der Waals surface area contributed by atoms with E-state index in [9.17, 15) is 14.4 Å². The molecule has 1 N–H and O–H groups in total. The third-order valence-corrected chi connectivity index (χ3v) is 5.50. The third-order valence-electron chi connectivity index (χ3n) is 5.50. The summed E-state index contributed by atoms with van der Waals surface area (Å²) in [5, 5.41) is 0. The number of rotatable bonds is 6. The van der Waals surface area contributed by atoms with Crippen LogP contribution in [0.4, 0.5) is 0 Å². The van der Waals surface area contributed by atoms with E-state index in [0.717, 1.165) is 5.56 Å². The van der Waals surface area contributed by atoms with Gasteiger partial charge in [-0.25, -0.2) is 4.79 Å². The summed E-state index contributed by atoms with van der Waals surface area (Å²) in [7, 11) is 0. The second-order valence-electron chi connectivity index (χ2n) is 7.73. The molecule has 9 nitrogen and oxygen atoms in total. The first-order chi connectivity index (χ1) is 14.4. The number of carbonyl (C=O) groups excluding carboxylic acids is 1. The van der Waals surface area contributed by atoms with Gasteiger partial charge in [0.15, 0.2) is 5.60 Å². The van der Waals surface area contributed by atoms with Crippen LogP contribution in [-0.2, 0) is 30.3 Å². The summed E-state index contributed by atoms with van der Waals surface area (Å²) in [5.74, 6) is -0.779. The number of H-pyrrole nitrogens is 1. The van der Waals surface area contributed by atoms with Gasteiger partial charge in [0.1, 0.15) is 18.9 Å². The fourth-order valence-corrected chi connectivity index (χ4v) is 4.04. The molecule has 4 rings (SSSR count). The van der Waals surface area contributed by atoms with E-state index < -0.39 is 35.2 Å². The number of nitrogens with one attached hydrogen (secondary N) is 1. The number of esters is 1. The van der Waals surface area contributed by atoms with Crippen molar-refractivity contribution >= 4 is 5.97 Å². The summed E-state index contributed by atoms with van der Waals surface area (Å²) in [4.78, 5) is 38.0. The average Bonchev–Trinajstić information content (AvgIpc) is 2.89. The quantitative estimate of drug-likeness (QED) is 0.697. The minimum absolute atomic E-state index is 0.0636. The molecule has 4 atom stereocenters. The van der Waals surface area contributed by atoms with Crippen molar-refractivity contribution in [3.63, 3.8) is 0 Å². The van der Waals surface area contributed by atoms with E-state index in [4.69, 9.17) is 18.9 Å². The van der Waals surface area contributed by atoms with Crippen LogP contribution in [-0.4, -0.2) is 47.0 Å². The number of benzene rings is 1. The molecule has 0 amide bonds. The van der Waals surface area contributed by atoms with Gasteiger partial charge in [0.25, 0.3) is 5.56 Å². The molecule has 0 unspecified atom stereocenters. The largest absolute Gasteiger partial charge is 0.463 e. The zero-order valence-corrected chi connectivity index (χ0v) is 16.8. The summed E-state index contributed by atoms with van der Waals surface area (Å²) in [6.45, 7) is 3.66. The number of nitrogens with zero attached hydrogens (tertiary/aromatic N) is 1. The normalized spacial score (nSPS) is 27.7. The summed E-state index contributed by atoms with van der Waals surface area (Å²) in [6.07, 6.45) is 0.266. The standard InChI is InChI=1S/C21H24N2O7/c1-13-8-23(20(26)22-18(13)25)19-16-10-27-11-21(30-19,12-29-14(2)24)17(16)28-9-15-6-4-3-5-7-15/h3-8,16-17,19H,9-12H2,1-2H3,(H,22,25,26)/t16-,17+,19+,21-/m1/s1. The molecule has 0 saturated carbocycles. The van der Waals surface area contributed by atoms with Crippen LogP contribution in [0.1, 0.15) is 24.3 Å². The summed E-state index contributed by atoms with van der Waals surface area (Å²) in [5.41, 5.74) is -0.708. The van der Waals surface area contributed by atoms with Crippen molar-refractivity contribution in [3.8, 4) is 0 Å². The van der Waals surface area contributed by atoms with Crippen LogP contribution in [0.15, 0.2) is 46.1 Å². The van der Waals surface area contributed by atoms with Crippen molar-refractivity contribution in [2.45, 2.75) is 38.4 Å². The van der Waals surface area contributed by atoms with Gasteiger partial charge in [-0.15, -0.1) is 0 Å². The third kappa shape index (κ3) is 3.83. The van der Waals surface area contributed by atoms with Crippen molar-refractivity contribution in [3.05, 3.63) is 68.5 Å². The Hall–Kier alpha value is -2.75. The van der Waals surface area contributed by atoms with E-state index in [1.165, 1.54) is 17.7 Å². The van der Waals surface area contributed by atoms with Gasteiger partial charge in [-0.05, 0) is 12.5 Å². The highest BCUT2D eigenvalue weighted by Crippen LogP contribution is 2.46. The Bertz CT molecular complexity index is 1030. The van der Waals surface area contributed by atoms with Crippen LogP contribution in [0.3, 0.4) is 0 Å². The molecule has 30 heavy (non-hydrogen) atoms. The van der Waals surface area contributed by atoms with E-state index in [2.05, 4.69) is 4.98 Å². The van der Waals surface area contributed by atoms with E-state index in [0.29, 0.717) is 18.8 Å². The van der Waals surface area contributed by atoms with Crippen LogP contribution >= 0.6 is 0 Å². The van der Waals surface area contributed by atoms with Crippen LogP contribution in [0.2, 0.25) is 0 Å². The maximum Gasteiger partial charge on any atom is 0.330 e. The molecule has 1 aromatic carbocycles. The van der Waals surface area contributed by atoms with Gasteiger partial charge in [-0.1, -0.05) is 30.3 Å². The Morgan fingerprint density at radius 2 is 2.07 bits per heavy atom. The molecule has 2 aromatic rings.